The standard InChI is InChI=1S/C8H4NSSe/c10-7-5-3-1-2-4-6(5)9-8(7)11/h1-4H. The summed E-state index contributed by atoms with van der Waals surface area (Å²) in [5, 5.41) is 0. The molecular weight excluding hydrogens is 221 g/mol. The van der Waals surface area contributed by atoms with Gasteiger partial charge in [0, 0.05) is 0 Å². The molecular formula is C8H4NSSe. The zero-order valence-corrected chi connectivity index (χ0v) is 8.10. The van der Waals surface area contributed by atoms with Crippen molar-refractivity contribution in [2.45, 2.75) is 0 Å². The Labute approximate surface area is 78.3 Å². The average molecular weight is 225 g/mol. The summed E-state index contributed by atoms with van der Waals surface area (Å²) in [6.07, 6.45) is 0. The topological polar surface area (TPSA) is 12.4 Å². The van der Waals surface area contributed by atoms with E-state index in [1.807, 2.05) is 24.3 Å². The van der Waals surface area contributed by atoms with Gasteiger partial charge in [-0.3, -0.25) is 0 Å². The molecule has 0 saturated carbocycles. The van der Waals surface area contributed by atoms with E-state index < -0.39 is 0 Å². The first-order valence-corrected chi connectivity index (χ1v) is 4.45. The van der Waals surface area contributed by atoms with Gasteiger partial charge in [0.05, 0.1) is 0 Å². The van der Waals surface area contributed by atoms with Crippen molar-refractivity contribution in [3.8, 4) is 0 Å². The summed E-state index contributed by atoms with van der Waals surface area (Å²) in [5.41, 5.74) is 2.04. The third-order valence-corrected chi connectivity index (χ3v) is 2.89. The second-order valence-corrected chi connectivity index (χ2v) is 3.48. The molecule has 0 aliphatic carbocycles. The van der Waals surface area contributed by atoms with Crippen molar-refractivity contribution in [1.29, 1.82) is 0 Å². The maximum atomic E-state index is 5.13. The minimum atomic E-state index is 0.834. The Bertz CT molecular complexity index is 357. The van der Waals surface area contributed by atoms with Crippen LogP contribution in [-0.2, 0) is 0 Å². The normalized spacial score (nSPS) is 14.5. The summed E-state index contributed by atoms with van der Waals surface area (Å²) in [5.74, 6) is 0. The molecule has 1 aliphatic rings. The molecule has 0 amide bonds. The van der Waals surface area contributed by atoms with Crippen LogP contribution in [0.3, 0.4) is 0 Å². The van der Waals surface area contributed by atoms with Crippen LogP contribution >= 0.6 is 12.2 Å². The number of benzene rings is 1. The molecule has 1 aromatic carbocycles. The van der Waals surface area contributed by atoms with Crippen molar-refractivity contribution in [2.75, 3.05) is 0 Å². The van der Waals surface area contributed by atoms with Gasteiger partial charge in [-0.15, -0.1) is 0 Å². The molecule has 0 N–H and O–H groups in total. The van der Waals surface area contributed by atoms with E-state index in [-0.39, 0.29) is 0 Å². The molecule has 1 radical (unpaired) electrons. The molecule has 0 spiro atoms. The maximum absolute atomic E-state index is 5.13. The Morgan fingerprint density at radius 1 is 1.27 bits per heavy atom. The fourth-order valence-corrected chi connectivity index (χ4v) is 1.69. The molecule has 1 heterocycles. The summed E-state index contributed by atoms with van der Waals surface area (Å²) in [4.78, 5) is 5.09. The van der Waals surface area contributed by atoms with E-state index in [0.717, 1.165) is 20.7 Å². The van der Waals surface area contributed by atoms with Crippen LogP contribution in [0.5, 0.6) is 0 Å². The van der Waals surface area contributed by atoms with Crippen molar-refractivity contribution in [3.05, 3.63) is 29.8 Å². The number of hydrogen-bond acceptors (Lipinski definition) is 2. The van der Waals surface area contributed by atoms with E-state index >= 15 is 0 Å². The van der Waals surface area contributed by atoms with Crippen LogP contribution < -0.4 is 0 Å². The van der Waals surface area contributed by atoms with Crippen molar-refractivity contribution < 1.29 is 0 Å². The van der Waals surface area contributed by atoms with Gasteiger partial charge in [0.2, 0.25) is 0 Å². The van der Waals surface area contributed by atoms with Crippen LogP contribution in [0.25, 0.3) is 0 Å². The van der Waals surface area contributed by atoms with Gasteiger partial charge in [-0.05, 0) is 0 Å². The third kappa shape index (κ3) is 1.06. The van der Waals surface area contributed by atoms with Crippen molar-refractivity contribution in [2.24, 2.45) is 4.99 Å². The molecule has 0 unspecified atom stereocenters. The van der Waals surface area contributed by atoms with Gasteiger partial charge >= 0.3 is 78.2 Å². The van der Waals surface area contributed by atoms with E-state index in [1.54, 1.807) is 0 Å². The fourth-order valence-electron chi connectivity index (χ4n) is 1.04. The fraction of sp³-hybridized carbons (Fsp3) is 0. The number of fused-ring (bicyclic) bond motifs is 1. The summed E-state index contributed by atoms with van der Waals surface area (Å²) in [6.45, 7) is 0. The van der Waals surface area contributed by atoms with Gasteiger partial charge in [-0.2, -0.15) is 0 Å². The van der Waals surface area contributed by atoms with Gasteiger partial charge in [0.15, 0.2) is 0 Å². The number of nitrogens with zero attached hydrogens (tertiary/aromatic N) is 1. The number of para-hydroxylation sites is 1. The van der Waals surface area contributed by atoms with Gasteiger partial charge in [-0.25, -0.2) is 0 Å². The molecule has 1 aromatic rings. The Kier molecular flexibility index (Phi) is 1.64. The average Bonchev–Trinajstić information content (AvgIpc) is 2.30. The SMILES string of the molecule is S=C1C([Se])=Nc2ccccc21. The Morgan fingerprint density at radius 2 is 2.00 bits per heavy atom. The number of rotatable bonds is 0. The molecule has 1 aliphatic heterocycles. The van der Waals surface area contributed by atoms with Crippen LogP contribution in [0.1, 0.15) is 5.56 Å². The monoisotopic (exact) mass is 226 g/mol. The number of thiocarbonyl (C=S) groups is 1. The molecule has 0 aromatic heterocycles. The molecule has 0 bridgehead atoms. The Balaban J connectivity index is 2.67. The van der Waals surface area contributed by atoms with E-state index in [1.165, 1.54) is 0 Å². The Morgan fingerprint density at radius 3 is 2.73 bits per heavy atom. The summed E-state index contributed by atoms with van der Waals surface area (Å²) in [7, 11) is 0. The Hall–Kier alpha value is -0.501. The summed E-state index contributed by atoms with van der Waals surface area (Å²) < 4.78 is 0.834. The van der Waals surface area contributed by atoms with Gasteiger partial charge < -0.3 is 0 Å². The van der Waals surface area contributed by atoms with Crippen LogP contribution in [-0.4, -0.2) is 25.5 Å². The zero-order valence-electron chi connectivity index (χ0n) is 5.57. The first-order valence-electron chi connectivity index (χ1n) is 3.18. The number of aliphatic imine (C=N–C) groups is 1. The van der Waals surface area contributed by atoms with Gasteiger partial charge in [0.1, 0.15) is 0 Å². The minimum absolute atomic E-state index is 0.834. The van der Waals surface area contributed by atoms with E-state index in [2.05, 4.69) is 21.0 Å². The molecule has 3 heteroatoms. The zero-order chi connectivity index (χ0) is 7.84. The second kappa shape index (κ2) is 2.52. The number of hydrogen-bond donors (Lipinski definition) is 0. The van der Waals surface area contributed by atoms with Crippen LogP contribution in [0.15, 0.2) is 29.3 Å². The van der Waals surface area contributed by atoms with Gasteiger partial charge in [0.25, 0.3) is 0 Å². The van der Waals surface area contributed by atoms with Crippen LogP contribution in [0, 0.1) is 0 Å². The molecule has 1 nitrogen and oxygen atoms in total. The van der Waals surface area contributed by atoms with Gasteiger partial charge in [-0.1, -0.05) is 0 Å². The predicted octanol–water partition coefficient (Wildman–Crippen LogP) is 1.62. The van der Waals surface area contributed by atoms with Crippen molar-refractivity contribution in [3.63, 3.8) is 0 Å². The molecule has 0 fully saturated rings. The van der Waals surface area contributed by atoms with E-state index in [4.69, 9.17) is 12.2 Å². The van der Waals surface area contributed by atoms with Crippen molar-refractivity contribution >= 4 is 43.4 Å². The van der Waals surface area contributed by atoms with Crippen LogP contribution in [0.4, 0.5) is 5.69 Å². The molecule has 0 atom stereocenters. The van der Waals surface area contributed by atoms with Crippen molar-refractivity contribution in [1.82, 2.24) is 0 Å². The molecule has 0 saturated heterocycles. The quantitative estimate of drug-likeness (QED) is 0.482. The third-order valence-electron chi connectivity index (χ3n) is 1.56. The summed E-state index contributed by atoms with van der Waals surface area (Å²) in [6, 6.07) is 7.89. The first kappa shape index (κ1) is 7.16. The second-order valence-electron chi connectivity index (χ2n) is 2.26. The summed E-state index contributed by atoms with van der Waals surface area (Å²) >= 11 is 7.98. The van der Waals surface area contributed by atoms with E-state index in [0.29, 0.717) is 0 Å². The first-order chi connectivity index (χ1) is 5.29. The molecule has 53 valence electrons. The molecule has 2 rings (SSSR count). The van der Waals surface area contributed by atoms with Crippen LogP contribution in [0.2, 0.25) is 0 Å². The van der Waals surface area contributed by atoms with E-state index in [9.17, 15) is 0 Å². The predicted molar refractivity (Wildman–Crippen MR) is 51.0 cm³/mol. The molecule has 11 heavy (non-hydrogen) atoms.